The van der Waals surface area contributed by atoms with Gasteiger partial charge in [0.15, 0.2) is 0 Å². The average Bonchev–Trinajstić information content (AvgIpc) is 2.31. The fourth-order valence-corrected chi connectivity index (χ4v) is 4.16. The van der Waals surface area contributed by atoms with Crippen LogP contribution in [0.5, 0.6) is 0 Å². The van der Waals surface area contributed by atoms with E-state index in [-0.39, 0.29) is 0 Å². The summed E-state index contributed by atoms with van der Waals surface area (Å²) >= 11 is 2.41. The van der Waals surface area contributed by atoms with Crippen LogP contribution in [0.2, 0.25) is 0 Å². The predicted octanol–water partition coefficient (Wildman–Crippen LogP) is 4.91. The maximum Gasteiger partial charge on any atom is 0.0380 e. The zero-order valence-corrected chi connectivity index (χ0v) is 12.6. The summed E-state index contributed by atoms with van der Waals surface area (Å²) in [5, 5.41) is 3.87. The Morgan fingerprint density at radius 2 is 2.00 bits per heavy atom. The molecular formula is C15H20IN. The van der Waals surface area contributed by atoms with Gasteiger partial charge in [-0.25, -0.2) is 0 Å². The summed E-state index contributed by atoms with van der Waals surface area (Å²) in [7, 11) is 0. The summed E-state index contributed by atoms with van der Waals surface area (Å²) in [6.07, 6.45) is 8.28. The molecule has 92 valence electrons. The van der Waals surface area contributed by atoms with E-state index >= 15 is 0 Å². The Kier molecular flexibility index (Phi) is 3.09. The summed E-state index contributed by atoms with van der Waals surface area (Å²) in [5.74, 6) is 0.707. The topological polar surface area (TPSA) is 12.0 Å². The Morgan fingerprint density at radius 1 is 1.24 bits per heavy atom. The zero-order valence-electron chi connectivity index (χ0n) is 10.4. The van der Waals surface area contributed by atoms with Gasteiger partial charge in [0.2, 0.25) is 0 Å². The van der Waals surface area contributed by atoms with Crippen molar-refractivity contribution < 1.29 is 0 Å². The number of hydrogen-bond donors (Lipinski definition) is 1. The second kappa shape index (κ2) is 4.45. The van der Waals surface area contributed by atoms with Gasteiger partial charge in [-0.15, -0.1) is 0 Å². The monoisotopic (exact) mass is 341 g/mol. The van der Waals surface area contributed by atoms with Gasteiger partial charge in [0, 0.05) is 14.8 Å². The highest BCUT2D eigenvalue weighted by molar-refractivity contribution is 14.1. The van der Waals surface area contributed by atoms with Gasteiger partial charge in [0.05, 0.1) is 0 Å². The molecule has 1 N–H and O–H groups in total. The molecule has 0 bridgehead atoms. The van der Waals surface area contributed by atoms with E-state index in [1.807, 2.05) is 0 Å². The molecule has 0 saturated heterocycles. The minimum Gasteiger partial charge on any atom is -0.379 e. The van der Waals surface area contributed by atoms with Gasteiger partial charge in [-0.2, -0.15) is 0 Å². The van der Waals surface area contributed by atoms with Crippen molar-refractivity contribution in [2.45, 2.75) is 56.9 Å². The van der Waals surface area contributed by atoms with Crippen LogP contribution in [0.25, 0.3) is 0 Å². The third-order valence-electron chi connectivity index (χ3n) is 4.45. The molecule has 1 nitrogen and oxygen atoms in total. The van der Waals surface area contributed by atoms with Gasteiger partial charge >= 0.3 is 0 Å². The fourth-order valence-electron chi connectivity index (χ4n) is 3.65. The number of benzene rings is 1. The van der Waals surface area contributed by atoms with E-state index in [9.17, 15) is 0 Å². The molecule has 0 aromatic heterocycles. The number of halogens is 1. The number of anilines is 1. The van der Waals surface area contributed by atoms with E-state index in [1.54, 1.807) is 0 Å². The van der Waals surface area contributed by atoms with Gasteiger partial charge in [-0.3, -0.25) is 0 Å². The third kappa shape index (κ3) is 2.20. The van der Waals surface area contributed by atoms with Crippen LogP contribution in [-0.2, 0) is 0 Å². The number of fused-ring (bicyclic) bond motifs is 1. The summed E-state index contributed by atoms with van der Waals surface area (Å²) < 4.78 is 1.36. The fraction of sp³-hybridized carbons (Fsp3) is 0.600. The average molecular weight is 341 g/mol. The molecule has 1 fully saturated rings. The molecule has 1 aromatic carbocycles. The lowest BCUT2D eigenvalue weighted by atomic mass is 9.72. The molecule has 0 unspecified atom stereocenters. The number of rotatable bonds is 0. The molecule has 0 amide bonds. The third-order valence-corrected chi connectivity index (χ3v) is 5.12. The van der Waals surface area contributed by atoms with Crippen molar-refractivity contribution in [2.24, 2.45) is 0 Å². The van der Waals surface area contributed by atoms with Crippen molar-refractivity contribution >= 4 is 28.3 Å². The van der Waals surface area contributed by atoms with Crippen LogP contribution < -0.4 is 5.32 Å². The standard InChI is InChI=1S/C15H20IN/c1-11-10-15(7-3-2-4-8-15)17-14-6-5-12(16)9-13(11)14/h5-6,9,11,17H,2-4,7-8,10H2,1H3/t11-/m1/s1. The Morgan fingerprint density at radius 3 is 2.76 bits per heavy atom. The van der Waals surface area contributed by atoms with Crippen molar-refractivity contribution in [2.75, 3.05) is 5.32 Å². The maximum absolute atomic E-state index is 3.87. The molecule has 2 aliphatic rings. The Labute approximate surface area is 118 Å². The first-order valence-electron chi connectivity index (χ1n) is 6.76. The molecule has 1 spiro atoms. The second-order valence-electron chi connectivity index (χ2n) is 5.80. The Balaban J connectivity index is 1.94. The molecular weight excluding hydrogens is 321 g/mol. The summed E-state index contributed by atoms with van der Waals surface area (Å²) in [6, 6.07) is 6.85. The van der Waals surface area contributed by atoms with Crippen molar-refractivity contribution in [3.8, 4) is 0 Å². The van der Waals surface area contributed by atoms with Gasteiger partial charge in [0.1, 0.15) is 0 Å². The van der Waals surface area contributed by atoms with Crippen LogP contribution in [-0.4, -0.2) is 5.54 Å². The smallest absolute Gasteiger partial charge is 0.0380 e. The quantitative estimate of drug-likeness (QED) is 0.661. The van der Waals surface area contributed by atoms with Crippen LogP contribution in [0.3, 0.4) is 0 Å². The lowest BCUT2D eigenvalue weighted by Gasteiger charge is -2.45. The highest BCUT2D eigenvalue weighted by Crippen LogP contribution is 2.45. The molecule has 0 radical (unpaired) electrons. The highest BCUT2D eigenvalue weighted by atomic mass is 127. The Bertz CT molecular complexity index is 421. The largest absolute Gasteiger partial charge is 0.379 e. The van der Waals surface area contributed by atoms with Gasteiger partial charge in [-0.1, -0.05) is 26.2 Å². The second-order valence-corrected chi connectivity index (χ2v) is 7.05. The van der Waals surface area contributed by atoms with Crippen LogP contribution in [0.1, 0.15) is 56.9 Å². The molecule has 3 rings (SSSR count). The molecule has 1 heterocycles. The van der Waals surface area contributed by atoms with E-state index in [1.165, 1.54) is 53.3 Å². The molecule has 1 aromatic rings. The van der Waals surface area contributed by atoms with Crippen LogP contribution >= 0.6 is 22.6 Å². The maximum atomic E-state index is 3.87. The van der Waals surface area contributed by atoms with Crippen molar-refractivity contribution in [1.82, 2.24) is 0 Å². The lowest BCUT2D eigenvalue weighted by molar-refractivity contribution is 0.281. The van der Waals surface area contributed by atoms with E-state index < -0.39 is 0 Å². The van der Waals surface area contributed by atoms with Gasteiger partial charge in [0.25, 0.3) is 0 Å². The molecule has 1 saturated carbocycles. The summed E-state index contributed by atoms with van der Waals surface area (Å²) in [4.78, 5) is 0. The lowest BCUT2D eigenvalue weighted by Crippen LogP contribution is -2.44. The van der Waals surface area contributed by atoms with E-state index in [4.69, 9.17) is 0 Å². The molecule has 1 aliphatic heterocycles. The predicted molar refractivity (Wildman–Crippen MR) is 81.6 cm³/mol. The summed E-state index contributed by atoms with van der Waals surface area (Å²) in [6.45, 7) is 2.39. The first-order valence-corrected chi connectivity index (χ1v) is 7.84. The van der Waals surface area contributed by atoms with Gasteiger partial charge < -0.3 is 5.32 Å². The van der Waals surface area contributed by atoms with Crippen molar-refractivity contribution in [3.05, 3.63) is 27.3 Å². The van der Waals surface area contributed by atoms with Crippen LogP contribution in [0, 0.1) is 3.57 Å². The van der Waals surface area contributed by atoms with Crippen molar-refractivity contribution in [3.63, 3.8) is 0 Å². The minimum atomic E-state index is 0.414. The van der Waals surface area contributed by atoms with E-state index in [0.29, 0.717) is 11.5 Å². The Hall–Kier alpha value is -0.250. The first-order chi connectivity index (χ1) is 8.19. The minimum absolute atomic E-state index is 0.414. The van der Waals surface area contributed by atoms with Crippen molar-refractivity contribution in [1.29, 1.82) is 0 Å². The molecule has 1 aliphatic carbocycles. The molecule has 1 atom stereocenters. The van der Waals surface area contributed by atoms with Crippen LogP contribution in [0.4, 0.5) is 5.69 Å². The normalized spacial score (nSPS) is 26.4. The molecule has 2 heteroatoms. The summed E-state index contributed by atoms with van der Waals surface area (Å²) in [5.41, 5.74) is 3.33. The SMILES string of the molecule is C[C@@H]1CC2(CCCCC2)Nc2ccc(I)cc21. The first kappa shape index (κ1) is 11.8. The zero-order chi connectivity index (χ0) is 11.9. The van der Waals surface area contributed by atoms with E-state index in [2.05, 4.69) is 53.0 Å². The van der Waals surface area contributed by atoms with Crippen LogP contribution in [0.15, 0.2) is 18.2 Å². The van der Waals surface area contributed by atoms with E-state index in [0.717, 1.165) is 0 Å². The number of hydrogen-bond acceptors (Lipinski definition) is 1. The van der Waals surface area contributed by atoms with Gasteiger partial charge in [-0.05, 0) is 71.5 Å². The number of nitrogens with one attached hydrogen (secondary N) is 1. The highest BCUT2D eigenvalue weighted by Gasteiger charge is 2.37. The molecule has 17 heavy (non-hydrogen) atoms.